The van der Waals surface area contributed by atoms with E-state index in [1.807, 2.05) is 24.4 Å². The van der Waals surface area contributed by atoms with Gasteiger partial charge in [0.1, 0.15) is 0 Å². The molecule has 1 N–H and O–H groups in total. The number of halogens is 2. The van der Waals surface area contributed by atoms with Crippen molar-refractivity contribution in [2.24, 2.45) is 12.0 Å². The predicted molar refractivity (Wildman–Crippen MR) is 114 cm³/mol. The molecule has 0 bridgehead atoms. The summed E-state index contributed by atoms with van der Waals surface area (Å²) in [6.45, 7) is 4.46. The van der Waals surface area contributed by atoms with Crippen LogP contribution in [-0.2, 0) is 20.0 Å². The summed E-state index contributed by atoms with van der Waals surface area (Å²) >= 11 is 3.52. The number of aliphatic imine (C=N–C) groups is 1. The Morgan fingerprint density at radius 1 is 1.42 bits per heavy atom. The third-order valence-electron chi connectivity index (χ3n) is 3.53. The molecular formula is C17H25BrIN5. The van der Waals surface area contributed by atoms with E-state index in [-0.39, 0.29) is 24.0 Å². The molecule has 132 valence electrons. The maximum absolute atomic E-state index is 4.71. The van der Waals surface area contributed by atoms with Crippen LogP contribution in [-0.4, -0.2) is 40.5 Å². The summed E-state index contributed by atoms with van der Waals surface area (Å²) < 4.78 is 3.22. The van der Waals surface area contributed by atoms with E-state index >= 15 is 0 Å². The van der Waals surface area contributed by atoms with Crippen LogP contribution in [0.4, 0.5) is 0 Å². The van der Waals surface area contributed by atoms with Crippen LogP contribution in [0.2, 0.25) is 0 Å². The predicted octanol–water partition coefficient (Wildman–Crippen LogP) is 3.44. The fourth-order valence-electron chi connectivity index (χ4n) is 2.33. The number of hydrogen-bond donors (Lipinski definition) is 1. The third-order valence-corrected chi connectivity index (χ3v) is 3.96. The maximum Gasteiger partial charge on any atom is 0.194 e. The zero-order valence-electron chi connectivity index (χ0n) is 14.4. The first-order chi connectivity index (χ1) is 11.1. The molecule has 0 unspecified atom stereocenters. The largest absolute Gasteiger partial charge is 0.357 e. The van der Waals surface area contributed by atoms with Gasteiger partial charge in [0, 0.05) is 61.9 Å². The number of rotatable bonds is 6. The smallest absolute Gasteiger partial charge is 0.194 e. The maximum atomic E-state index is 4.71. The van der Waals surface area contributed by atoms with Crippen LogP contribution in [0.25, 0.3) is 0 Å². The Balaban J connectivity index is 0.00000288. The Labute approximate surface area is 169 Å². The van der Waals surface area contributed by atoms with Crippen LogP contribution in [0, 0.1) is 0 Å². The lowest BCUT2D eigenvalue weighted by Crippen LogP contribution is -2.39. The minimum absolute atomic E-state index is 0. The van der Waals surface area contributed by atoms with E-state index < -0.39 is 0 Å². The van der Waals surface area contributed by atoms with E-state index in [9.17, 15) is 0 Å². The van der Waals surface area contributed by atoms with Crippen molar-refractivity contribution in [1.29, 1.82) is 0 Å². The highest BCUT2D eigenvalue weighted by Crippen LogP contribution is 2.15. The van der Waals surface area contributed by atoms with E-state index in [0.29, 0.717) is 0 Å². The minimum atomic E-state index is 0. The Morgan fingerprint density at radius 3 is 2.79 bits per heavy atom. The molecule has 0 atom stereocenters. The monoisotopic (exact) mass is 505 g/mol. The highest BCUT2D eigenvalue weighted by Gasteiger charge is 2.09. The number of pyridine rings is 1. The highest BCUT2D eigenvalue weighted by atomic mass is 127. The van der Waals surface area contributed by atoms with Crippen molar-refractivity contribution in [3.8, 4) is 0 Å². The summed E-state index contributed by atoms with van der Waals surface area (Å²) in [5, 5.41) is 3.35. The molecule has 5 nitrogen and oxygen atoms in total. The van der Waals surface area contributed by atoms with Gasteiger partial charge in [-0.2, -0.15) is 0 Å². The lowest BCUT2D eigenvalue weighted by atomic mass is 10.3. The molecule has 0 radical (unpaired) electrons. The first kappa shape index (κ1) is 21.0. The van der Waals surface area contributed by atoms with Gasteiger partial charge in [0.05, 0.1) is 6.54 Å². The summed E-state index contributed by atoms with van der Waals surface area (Å²) in [6, 6.07) is 8.11. The molecule has 0 saturated carbocycles. The highest BCUT2D eigenvalue weighted by molar-refractivity contribution is 14.0. The summed E-state index contributed by atoms with van der Waals surface area (Å²) in [5.74, 6) is 0.917. The molecule has 2 heterocycles. The topological polar surface area (TPSA) is 45.5 Å². The SMILES string of the molecule is CCNC(=NCCc1ccccn1)N(C)Cc1cc(Br)cn1C.I. The van der Waals surface area contributed by atoms with Crippen LogP contribution < -0.4 is 5.32 Å². The van der Waals surface area contributed by atoms with E-state index in [1.165, 1.54) is 5.69 Å². The summed E-state index contributed by atoms with van der Waals surface area (Å²) in [6.07, 6.45) is 4.73. The van der Waals surface area contributed by atoms with Gasteiger partial charge in [-0.25, -0.2) is 0 Å². The van der Waals surface area contributed by atoms with Crippen molar-refractivity contribution in [2.45, 2.75) is 19.9 Å². The average Bonchev–Trinajstić information content (AvgIpc) is 2.85. The Bertz CT molecular complexity index is 642. The van der Waals surface area contributed by atoms with Gasteiger partial charge in [-0.05, 0) is 41.1 Å². The van der Waals surface area contributed by atoms with Gasteiger partial charge in [-0.15, -0.1) is 24.0 Å². The molecule has 0 aliphatic heterocycles. The Morgan fingerprint density at radius 2 is 2.21 bits per heavy atom. The van der Waals surface area contributed by atoms with Crippen molar-refractivity contribution in [1.82, 2.24) is 19.8 Å². The van der Waals surface area contributed by atoms with E-state index in [2.05, 4.69) is 69.0 Å². The molecule has 0 aliphatic carbocycles. The number of guanidine groups is 1. The zero-order valence-corrected chi connectivity index (χ0v) is 18.3. The van der Waals surface area contributed by atoms with Crippen molar-refractivity contribution >= 4 is 45.9 Å². The molecule has 2 rings (SSSR count). The molecule has 0 aliphatic rings. The molecule has 2 aromatic rings. The normalized spacial score (nSPS) is 11.1. The fraction of sp³-hybridized carbons (Fsp3) is 0.412. The van der Waals surface area contributed by atoms with E-state index in [0.717, 1.165) is 42.2 Å². The number of hydrogen-bond acceptors (Lipinski definition) is 2. The number of nitrogens with one attached hydrogen (secondary N) is 1. The Kier molecular flexibility index (Phi) is 9.35. The minimum Gasteiger partial charge on any atom is -0.357 e. The van der Waals surface area contributed by atoms with Gasteiger partial charge in [0.2, 0.25) is 0 Å². The van der Waals surface area contributed by atoms with Crippen molar-refractivity contribution in [3.05, 3.63) is 52.5 Å². The van der Waals surface area contributed by atoms with Gasteiger partial charge in [0.25, 0.3) is 0 Å². The molecular weight excluding hydrogens is 481 g/mol. The summed E-state index contributed by atoms with van der Waals surface area (Å²) in [5.41, 5.74) is 2.30. The number of aromatic nitrogens is 2. The van der Waals surface area contributed by atoms with Crippen LogP contribution in [0.3, 0.4) is 0 Å². The van der Waals surface area contributed by atoms with Gasteiger partial charge in [0.15, 0.2) is 5.96 Å². The van der Waals surface area contributed by atoms with Crippen LogP contribution in [0.15, 0.2) is 46.1 Å². The second-order valence-electron chi connectivity index (χ2n) is 5.42. The standard InChI is InChI=1S/C17H24BrN5.HI/c1-4-19-17(21-10-8-15-7-5-6-9-20-15)23(3)13-16-11-14(18)12-22(16)2;/h5-7,9,11-12H,4,8,10,13H2,1-3H3,(H,19,21);1H. The Hall–Kier alpha value is -1.09. The summed E-state index contributed by atoms with van der Waals surface area (Å²) in [4.78, 5) is 11.2. The second kappa shape index (κ2) is 10.7. The summed E-state index contributed by atoms with van der Waals surface area (Å²) in [7, 11) is 4.11. The van der Waals surface area contributed by atoms with Crippen molar-refractivity contribution < 1.29 is 0 Å². The van der Waals surface area contributed by atoms with Gasteiger partial charge in [-0.1, -0.05) is 6.07 Å². The third kappa shape index (κ3) is 6.43. The molecule has 0 amide bonds. The molecule has 2 aromatic heterocycles. The molecule has 0 spiro atoms. The molecule has 7 heteroatoms. The van der Waals surface area contributed by atoms with Crippen LogP contribution >= 0.6 is 39.9 Å². The van der Waals surface area contributed by atoms with E-state index in [1.54, 1.807) is 0 Å². The van der Waals surface area contributed by atoms with Gasteiger partial charge in [-0.3, -0.25) is 9.98 Å². The number of nitrogens with zero attached hydrogens (tertiary/aromatic N) is 4. The molecule has 0 fully saturated rings. The zero-order chi connectivity index (χ0) is 16.7. The van der Waals surface area contributed by atoms with Crippen LogP contribution in [0.1, 0.15) is 18.3 Å². The van der Waals surface area contributed by atoms with Crippen molar-refractivity contribution in [2.75, 3.05) is 20.1 Å². The first-order valence-electron chi connectivity index (χ1n) is 7.80. The average molecular weight is 506 g/mol. The van der Waals surface area contributed by atoms with Crippen LogP contribution in [0.5, 0.6) is 0 Å². The quantitative estimate of drug-likeness (QED) is 0.371. The molecule has 24 heavy (non-hydrogen) atoms. The fourth-order valence-corrected chi connectivity index (χ4v) is 2.90. The number of aryl methyl sites for hydroxylation is 1. The molecule has 0 saturated heterocycles. The lowest BCUT2D eigenvalue weighted by Gasteiger charge is -2.22. The van der Waals surface area contributed by atoms with Gasteiger partial charge < -0.3 is 14.8 Å². The van der Waals surface area contributed by atoms with E-state index in [4.69, 9.17) is 4.99 Å². The van der Waals surface area contributed by atoms with Gasteiger partial charge >= 0.3 is 0 Å². The lowest BCUT2D eigenvalue weighted by molar-refractivity contribution is 0.462. The first-order valence-corrected chi connectivity index (χ1v) is 8.59. The molecule has 0 aromatic carbocycles. The second-order valence-corrected chi connectivity index (χ2v) is 6.34. The van der Waals surface area contributed by atoms with Crippen molar-refractivity contribution in [3.63, 3.8) is 0 Å².